The quantitative estimate of drug-likeness (QED) is 0.739. The van der Waals surface area contributed by atoms with Crippen molar-refractivity contribution in [3.8, 4) is 0 Å². The molecule has 0 spiro atoms. The van der Waals surface area contributed by atoms with E-state index in [9.17, 15) is 5.11 Å². The summed E-state index contributed by atoms with van der Waals surface area (Å²) in [6.45, 7) is 3.66. The van der Waals surface area contributed by atoms with Crippen LogP contribution in [0.2, 0.25) is 0 Å². The Hall–Kier alpha value is -1.42. The van der Waals surface area contributed by atoms with Crippen LogP contribution in [0.4, 0.5) is 0 Å². The topological polar surface area (TPSA) is 50.9 Å². The molecule has 0 bridgehead atoms. The van der Waals surface area contributed by atoms with Crippen molar-refractivity contribution in [3.63, 3.8) is 0 Å². The molecule has 74 valence electrons. The van der Waals surface area contributed by atoms with E-state index < -0.39 is 6.10 Å². The molecule has 14 heavy (non-hydrogen) atoms. The highest BCUT2D eigenvalue weighted by Crippen LogP contribution is 2.17. The first-order valence-electron chi connectivity index (χ1n) is 4.56. The van der Waals surface area contributed by atoms with Crippen molar-refractivity contribution in [1.82, 2.24) is 14.5 Å². The van der Waals surface area contributed by atoms with E-state index in [1.165, 1.54) is 0 Å². The van der Waals surface area contributed by atoms with Gasteiger partial charge in [0.25, 0.3) is 0 Å². The Balaban J connectivity index is 2.67. The predicted octanol–water partition coefficient (Wildman–Crippen LogP) is 1.33. The third kappa shape index (κ3) is 1.28. The number of imidazole rings is 1. The maximum absolute atomic E-state index is 9.38. The number of nitrogens with zero attached hydrogens (tertiary/aromatic N) is 3. The second-order valence-electron chi connectivity index (χ2n) is 3.51. The van der Waals surface area contributed by atoms with Gasteiger partial charge in [-0.2, -0.15) is 0 Å². The Bertz CT molecular complexity index is 473. The number of aliphatic hydroxyl groups is 1. The summed E-state index contributed by atoms with van der Waals surface area (Å²) >= 11 is 0. The second kappa shape index (κ2) is 3.06. The molecule has 1 N–H and O–H groups in total. The minimum atomic E-state index is -0.491. The minimum absolute atomic E-state index is 0.491. The van der Waals surface area contributed by atoms with E-state index in [2.05, 4.69) is 9.97 Å². The fourth-order valence-corrected chi connectivity index (χ4v) is 1.43. The van der Waals surface area contributed by atoms with Gasteiger partial charge in [-0.05, 0) is 19.9 Å². The molecule has 4 heteroatoms. The molecule has 4 nitrogen and oxygen atoms in total. The number of aryl methyl sites for hydroxylation is 2. The van der Waals surface area contributed by atoms with Gasteiger partial charge in [-0.25, -0.2) is 9.97 Å². The lowest BCUT2D eigenvalue weighted by Gasteiger charge is -2.02. The summed E-state index contributed by atoms with van der Waals surface area (Å²) in [7, 11) is 1.93. The van der Waals surface area contributed by atoms with Gasteiger partial charge in [-0.3, -0.25) is 0 Å². The van der Waals surface area contributed by atoms with E-state index in [0.29, 0.717) is 0 Å². The Kier molecular flexibility index (Phi) is 2.00. The molecule has 0 saturated carbocycles. The number of fused-ring (bicyclic) bond motifs is 1. The number of pyridine rings is 1. The fourth-order valence-electron chi connectivity index (χ4n) is 1.43. The zero-order chi connectivity index (χ0) is 10.3. The lowest BCUT2D eigenvalue weighted by molar-refractivity contribution is 0.199. The maximum Gasteiger partial charge on any atom is 0.159 e. The molecule has 2 rings (SSSR count). The number of aromatic nitrogens is 3. The maximum atomic E-state index is 9.38. The highest BCUT2D eigenvalue weighted by molar-refractivity contribution is 5.72. The lowest BCUT2D eigenvalue weighted by Crippen LogP contribution is -1.95. The average Bonchev–Trinajstić information content (AvgIpc) is 2.42. The zero-order valence-corrected chi connectivity index (χ0v) is 8.52. The van der Waals surface area contributed by atoms with Gasteiger partial charge in [0.05, 0.1) is 6.10 Å². The summed E-state index contributed by atoms with van der Waals surface area (Å²) in [4.78, 5) is 8.61. The van der Waals surface area contributed by atoms with Crippen LogP contribution < -0.4 is 0 Å². The molecule has 0 aliphatic carbocycles. The molecule has 0 fully saturated rings. The summed E-state index contributed by atoms with van der Waals surface area (Å²) < 4.78 is 1.93. The van der Waals surface area contributed by atoms with Crippen molar-refractivity contribution >= 4 is 11.2 Å². The van der Waals surface area contributed by atoms with E-state index in [-0.39, 0.29) is 0 Å². The Morgan fingerprint density at radius 2 is 2.21 bits per heavy atom. The largest absolute Gasteiger partial charge is 0.389 e. The SMILES string of the molecule is Cc1nc2cc(C(C)O)cnc2n1C. The van der Waals surface area contributed by atoms with Gasteiger partial charge in [-0.15, -0.1) is 0 Å². The lowest BCUT2D eigenvalue weighted by atomic mass is 10.2. The normalized spacial score (nSPS) is 13.4. The molecule has 0 aliphatic rings. The zero-order valence-electron chi connectivity index (χ0n) is 8.52. The van der Waals surface area contributed by atoms with Crippen molar-refractivity contribution in [2.45, 2.75) is 20.0 Å². The van der Waals surface area contributed by atoms with E-state index in [1.54, 1.807) is 13.1 Å². The van der Waals surface area contributed by atoms with Crippen LogP contribution in [-0.2, 0) is 7.05 Å². The molecular weight excluding hydrogens is 178 g/mol. The first kappa shape index (κ1) is 9.15. The van der Waals surface area contributed by atoms with E-state index >= 15 is 0 Å². The molecule has 1 unspecified atom stereocenters. The molecule has 1 atom stereocenters. The van der Waals surface area contributed by atoms with Gasteiger partial charge in [0.1, 0.15) is 11.3 Å². The van der Waals surface area contributed by atoms with Crippen molar-refractivity contribution in [3.05, 3.63) is 23.7 Å². The van der Waals surface area contributed by atoms with Crippen LogP contribution in [0.15, 0.2) is 12.3 Å². The van der Waals surface area contributed by atoms with Crippen molar-refractivity contribution in [2.75, 3.05) is 0 Å². The first-order valence-corrected chi connectivity index (χ1v) is 4.56. The van der Waals surface area contributed by atoms with Crippen LogP contribution in [0.1, 0.15) is 24.4 Å². The Labute approximate surface area is 82.2 Å². The van der Waals surface area contributed by atoms with Gasteiger partial charge in [0.2, 0.25) is 0 Å². The summed E-state index contributed by atoms with van der Waals surface area (Å²) in [5.41, 5.74) is 2.49. The van der Waals surface area contributed by atoms with Crippen LogP contribution in [0, 0.1) is 6.92 Å². The van der Waals surface area contributed by atoms with Gasteiger partial charge in [-0.1, -0.05) is 0 Å². The third-order valence-electron chi connectivity index (χ3n) is 2.44. The van der Waals surface area contributed by atoms with Crippen LogP contribution in [0.3, 0.4) is 0 Å². The van der Waals surface area contributed by atoms with Crippen LogP contribution in [0.5, 0.6) is 0 Å². The van der Waals surface area contributed by atoms with Crippen LogP contribution >= 0.6 is 0 Å². The van der Waals surface area contributed by atoms with Crippen molar-refractivity contribution in [2.24, 2.45) is 7.05 Å². The number of rotatable bonds is 1. The monoisotopic (exact) mass is 191 g/mol. The minimum Gasteiger partial charge on any atom is -0.389 e. The molecule has 0 aromatic carbocycles. The highest BCUT2D eigenvalue weighted by atomic mass is 16.3. The third-order valence-corrected chi connectivity index (χ3v) is 2.44. The number of hydrogen-bond donors (Lipinski definition) is 1. The second-order valence-corrected chi connectivity index (χ2v) is 3.51. The summed E-state index contributed by atoms with van der Waals surface area (Å²) in [6.07, 6.45) is 1.20. The average molecular weight is 191 g/mol. The predicted molar refractivity (Wildman–Crippen MR) is 53.9 cm³/mol. The smallest absolute Gasteiger partial charge is 0.159 e. The fraction of sp³-hybridized carbons (Fsp3) is 0.400. The molecule has 0 radical (unpaired) electrons. The van der Waals surface area contributed by atoms with Crippen molar-refractivity contribution < 1.29 is 5.11 Å². The summed E-state index contributed by atoms with van der Waals surface area (Å²) in [5, 5.41) is 9.38. The van der Waals surface area contributed by atoms with Crippen LogP contribution in [-0.4, -0.2) is 19.6 Å². The molecular formula is C10H13N3O. The number of hydrogen-bond acceptors (Lipinski definition) is 3. The van der Waals surface area contributed by atoms with Gasteiger partial charge >= 0.3 is 0 Å². The first-order chi connectivity index (χ1) is 6.59. The van der Waals surface area contributed by atoms with E-state index in [0.717, 1.165) is 22.6 Å². The molecule has 2 aromatic rings. The van der Waals surface area contributed by atoms with E-state index in [1.807, 2.05) is 24.6 Å². The Morgan fingerprint density at radius 3 is 2.86 bits per heavy atom. The van der Waals surface area contributed by atoms with Crippen molar-refractivity contribution in [1.29, 1.82) is 0 Å². The van der Waals surface area contributed by atoms with Gasteiger partial charge in [0.15, 0.2) is 5.65 Å². The van der Waals surface area contributed by atoms with E-state index in [4.69, 9.17) is 0 Å². The highest BCUT2D eigenvalue weighted by Gasteiger charge is 2.08. The molecule has 0 amide bonds. The number of aliphatic hydroxyl groups excluding tert-OH is 1. The standard InChI is InChI=1S/C10H13N3O/c1-6(14)8-4-9-10(11-5-8)13(3)7(2)12-9/h4-6,14H,1-3H3. The molecule has 2 heterocycles. The summed E-state index contributed by atoms with van der Waals surface area (Å²) in [6, 6.07) is 1.88. The molecule has 0 aliphatic heterocycles. The van der Waals surface area contributed by atoms with Gasteiger partial charge < -0.3 is 9.67 Å². The summed E-state index contributed by atoms with van der Waals surface area (Å²) in [5.74, 6) is 0.926. The molecule has 0 saturated heterocycles. The Morgan fingerprint density at radius 1 is 1.50 bits per heavy atom. The van der Waals surface area contributed by atoms with Gasteiger partial charge in [0, 0.05) is 18.8 Å². The molecule has 2 aromatic heterocycles. The van der Waals surface area contributed by atoms with Crippen LogP contribution in [0.25, 0.3) is 11.2 Å².